The van der Waals surface area contributed by atoms with Gasteiger partial charge in [0.15, 0.2) is 0 Å². The van der Waals surface area contributed by atoms with Crippen molar-refractivity contribution >= 4 is 29.2 Å². The largest absolute Gasteiger partial charge is 0.389 e. The summed E-state index contributed by atoms with van der Waals surface area (Å²) >= 11 is 0. The van der Waals surface area contributed by atoms with Crippen molar-refractivity contribution in [3.8, 4) is 0 Å². The van der Waals surface area contributed by atoms with Crippen LogP contribution in [0.3, 0.4) is 0 Å². The van der Waals surface area contributed by atoms with Crippen LogP contribution in [-0.4, -0.2) is 16.7 Å². The van der Waals surface area contributed by atoms with Gasteiger partial charge in [0.1, 0.15) is 0 Å². The first-order valence-corrected chi connectivity index (χ1v) is 6.23. The van der Waals surface area contributed by atoms with E-state index in [2.05, 4.69) is 0 Å². The van der Waals surface area contributed by atoms with E-state index in [1.807, 2.05) is 0 Å². The molecule has 7 heteroatoms. The summed E-state index contributed by atoms with van der Waals surface area (Å²) < 4.78 is 38.2. The van der Waals surface area contributed by atoms with E-state index in [-0.39, 0.29) is 24.7 Å². The molecule has 1 aromatic carbocycles. The standard InChI is InChI=1S/C14H15F3N2O.ClH/c1-9(20)19-8-11(10-4-2-3-5-13(10)19)12(18)6-7-14(15,16)17;/h2-5,8,12H,6-7,18H2,1H3;1H/t12-;/m1./s1. The minimum absolute atomic E-state index is 0. The number of para-hydroxylation sites is 1. The summed E-state index contributed by atoms with van der Waals surface area (Å²) in [7, 11) is 0. The second-order valence-corrected chi connectivity index (χ2v) is 4.75. The van der Waals surface area contributed by atoms with E-state index in [0.717, 1.165) is 5.39 Å². The fourth-order valence-electron chi connectivity index (χ4n) is 2.24. The van der Waals surface area contributed by atoms with Gasteiger partial charge in [-0.3, -0.25) is 9.36 Å². The van der Waals surface area contributed by atoms with E-state index in [1.54, 1.807) is 24.3 Å². The summed E-state index contributed by atoms with van der Waals surface area (Å²) in [6.45, 7) is 1.40. The minimum atomic E-state index is -4.23. The highest BCUT2D eigenvalue weighted by Gasteiger charge is 2.28. The fourth-order valence-corrected chi connectivity index (χ4v) is 2.24. The van der Waals surface area contributed by atoms with Crippen LogP contribution in [0.5, 0.6) is 0 Å². The molecule has 0 radical (unpaired) electrons. The number of rotatable bonds is 3. The molecule has 116 valence electrons. The Morgan fingerprint density at radius 3 is 2.52 bits per heavy atom. The molecular formula is C14H16ClF3N2O. The lowest BCUT2D eigenvalue weighted by Crippen LogP contribution is -2.15. The predicted molar refractivity (Wildman–Crippen MR) is 77.7 cm³/mol. The number of carbonyl (C=O) groups is 1. The number of halogens is 4. The van der Waals surface area contributed by atoms with Crippen LogP contribution in [0.4, 0.5) is 13.2 Å². The molecule has 0 unspecified atom stereocenters. The molecule has 0 amide bonds. The number of fused-ring (bicyclic) bond motifs is 1. The van der Waals surface area contributed by atoms with Crippen LogP contribution >= 0.6 is 12.4 Å². The topological polar surface area (TPSA) is 48.0 Å². The molecule has 21 heavy (non-hydrogen) atoms. The molecule has 0 saturated carbocycles. The SMILES string of the molecule is CC(=O)n1cc([C@H](N)CCC(F)(F)F)c2ccccc21.Cl. The summed E-state index contributed by atoms with van der Waals surface area (Å²) in [5, 5.41) is 0.720. The van der Waals surface area contributed by atoms with Gasteiger partial charge in [-0.05, 0) is 18.1 Å². The predicted octanol–water partition coefficient (Wildman–Crippen LogP) is 4.07. The first-order valence-electron chi connectivity index (χ1n) is 6.23. The van der Waals surface area contributed by atoms with Gasteiger partial charge in [0.25, 0.3) is 0 Å². The van der Waals surface area contributed by atoms with Gasteiger partial charge in [-0.15, -0.1) is 12.4 Å². The number of benzene rings is 1. The maximum Gasteiger partial charge on any atom is 0.389 e. The third kappa shape index (κ3) is 3.98. The number of alkyl halides is 3. The van der Waals surface area contributed by atoms with E-state index < -0.39 is 18.6 Å². The highest BCUT2D eigenvalue weighted by molar-refractivity contribution is 5.93. The lowest BCUT2D eigenvalue weighted by atomic mass is 10.0. The molecule has 1 atom stereocenters. The highest BCUT2D eigenvalue weighted by Crippen LogP contribution is 2.31. The van der Waals surface area contributed by atoms with Crippen molar-refractivity contribution in [3.63, 3.8) is 0 Å². The van der Waals surface area contributed by atoms with Crippen molar-refractivity contribution in [1.82, 2.24) is 4.57 Å². The molecule has 2 N–H and O–H groups in total. The second-order valence-electron chi connectivity index (χ2n) is 4.75. The van der Waals surface area contributed by atoms with Crippen LogP contribution in [-0.2, 0) is 0 Å². The van der Waals surface area contributed by atoms with Crippen molar-refractivity contribution < 1.29 is 18.0 Å². The molecule has 1 aromatic heterocycles. The monoisotopic (exact) mass is 320 g/mol. The number of hydrogen-bond acceptors (Lipinski definition) is 2. The van der Waals surface area contributed by atoms with Crippen molar-refractivity contribution in [3.05, 3.63) is 36.0 Å². The van der Waals surface area contributed by atoms with Crippen molar-refractivity contribution in [2.75, 3.05) is 0 Å². The zero-order valence-corrected chi connectivity index (χ0v) is 12.2. The molecule has 1 heterocycles. The Labute approximate surface area is 126 Å². The lowest BCUT2D eigenvalue weighted by molar-refractivity contribution is -0.136. The van der Waals surface area contributed by atoms with E-state index in [9.17, 15) is 18.0 Å². The van der Waals surface area contributed by atoms with Gasteiger partial charge >= 0.3 is 6.18 Å². The fraction of sp³-hybridized carbons (Fsp3) is 0.357. The summed E-state index contributed by atoms with van der Waals surface area (Å²) in [6.07, 6.45) is -3.83. The van der Waals surface area contributed by atoms with Crippen molar-refractivity contribution in [2.45, 2.75) is 32.0 Å². The molecule has 0 spiro atoms. The molecular weight excluding hydrogens is 305 g/mol. The Hall–Kier alpha value is -1.53. The third-order valence-electron chi connectivity index (χ3n) is 3.22. The molecule has 0 bridgehead atoms. The smallest absolute Gasteiger partial charge is 0.324 e. The van der Waals surface area contributed by atoms with Crippen LogP contribution in [0.1, 0.15) is 36.2 Å². The summed E-state index contributed by atoms with van der Waals surface area (Å²) in [5.41, 5.74) is 7.09. The van der Waals surface area contributed by atoms with Gasteiger partial charge in [0.2, 0.25) is 5.91 Å². The molecule has 0 fully saturated rings. The minimum Gasteiger partial charge on any atom is -0.324 e. The Bertz CT molecular complexity index is 637. The molecule has 0 aliphatic heterocycles. The molecule has 2 rings (SSSR count). The second kappa shape index (κ2) is 6.49. The zero-order chi connectivity index (χ0) is 14.9. The van der Waals surface area contributed by atoms with Gasteiger partial charge in [-0.1, -0.05) is 18.2 Å². The Morgan fingerprint density at radius 2 is 1.95 bits per heavy atom. The van der Waals surface area contributed by atoms with Gasteiger partial charge in [-0.25, -0.2) is 0 Å². The number of carbonyl (C=O) groups excluding carboxylic acids is 1. The molecule has 0 saturated heterocycles. The van der Waals surface area contributed by atoms with Gasteiger partial charge < -0.3 is 5.73 Å². The number of hydrogen-bond donors (Lipinski definition) is 1. The zero-order valence-electron chi connectivity index (χ0n) is 11.4. The van der Waals surface area contributed by atoms with E-state index >= 15 is 0 Å². The average Bonchev–Trinajstić information content (AvgIpc) is 2.75. The van der Waals surface area contributed by atoms with Gasteiger partial charge in [0.05, 0.1) is 5.52 Å². The first kappa shape index (κ1) is 17.5. The van der Waals surface area contributed by atoms with Crippen LogP contribution in [0.25, 0.3) is 10.9 Å². The summed E-state index contributed by atoms with van der Waals surface area (Å²) in [6, 6.07) is 6.30. The maximum absolute atomic E-state index is 12.3. The highest BCUT2D eigenvalue weighted by atomic mass is 35.5. The van der Waals surface area contributed by atoms with Crippen LogP contribution in [0, 0.1) is 0 Å². The average molecular weight is 321 g/mol. The van der Waals surface area contributed by atoms with E-state index in [0.29, 0.717) is 11.1 Å². The van der Waals surface area contributed by atoms with Gasteiger partial charge in [0, 0.05) is 31.0 Å². The first-order chi connectivity index (χ1) is 9.29. The quantitative estimate of drug-likeness (QED) is 0.927. The number of aromatic nitrogens is 1. The van der Waals surface area contributed by atoms with Crippen molar-refractivity contribution in [2.24, 2.45) is 5.73 Å². The van der Waals surface area contributed by atoms with Crippen LogP contribution in [0.2, 0.25) is 0 Å². The third-order valence-corrected chi connectivity index (χ3v) is 3.22. The Morgan fingerprint density at radius 1 is 1.33 bits per heavy atom. The Balaban J connectivity index is 0.00000220. The van der Waals surface area contributed by atoms with Gasteiger partial charge in [-0.2, -0.15) is 13.2 Å². The summed E-state index contributed by atoms with van der Waals surface area (Å²) in [5.74, 6) is -0.199. The molecule has 0 aliphatic rings. The van der Waals surface area contributed by atoms with E-state index in [4.69, 9.17) is 5.73 Å². The normalized spacial score (nSPS) is 13.0. The number of nitrogens with two attached hydrogens (primary N) is 1. The lowest BCUT2D eigenvalue weighted by Gasteiger charge is -2.12. The Kier molecular flexibility index (Phi) is 5.42. The summed E-state index contributed by atoms with van der Waals surface area (Å²) in [4.78, 5) is 11.6. The van der Waals surface area contributed by atoms with Crippen LogP contribution < -0.4 is 5.73 Å². The molecule has 2 aromatic rings. The van der Waals surface area contributed by atoms with Crippen molar-refractivity contribution in [1.29, 1.82) is 0 Å². The van der Waals surface area contributed by atoms with Crippen LogP contribution in [0.15, 0.2) is 30.5 Å². The van der Waals surface area contributed by atoms with E-state index in [1.165, 1.54) is 17.7 Å². The number of nitrogens with zero attached hydrogens (tertiary/aromatic N) is 1. The molecule has 3 nitrogen and oxygen atoms in total. The maximum atomic E-state index is 12.3. The molecule has 0 aliphatic carbocycles.